The molecule has 3 aliphatic rings. The lowest BCUT2D eigenvalue weighted by molar-refractivity contribution is -0.117. The molecule has 2 saturated heterocycles. The van der Waals surface area contributed by atoms with E-state index in [9.17, 15) is 22.0 Å². The van der Waals surface area contributed by atoms with E-state index in [0.29, 0.717) is 24.3 Å². The molecule has 3 aromatic rings. The van der Waals surface area contributed by atoms with E-state index >= 15 is 0 Å². The van der Waals surface area contributed by atoms with Gasteiger partial charge < -0.3 is 10.3 Å². The number of fused-ring (bicyclic) bond motifs is 3. The number of nitrogens with zero attached hydrogens (tertiary/aromatic N) is 2. The summed E-state index contributed by atoms with van der Waals surface area (Å²) in [7, 11) is -3.95. The van der Waals surface area contributed by atoms with Gasteiger partial charge in [0.25, 0.3) is 0 Å². The number of nitrogens with one attached hydrogen (secondary N) is 2. The van der Waals surface area contributed by atoms with Gasteiger partial charge in [0.05, 0.1) is 4.90 Å². The number of carbonyl (C=O) groups is 1. The number of aromatic amines is 1. The zero-order valence-electron chi connectivity index (χ0n) is 18.3. The standard InChI is InChI=1S/C24H24F2N4O3S/c25-20-6-5-17(11-21(20)26)34(32,33)30-15-3-4-16(30)10-14(9-15)19-12-22(29-24(31)13-1-2-13)28-23-18(19)7-8-27-23/h5-8,11-16H,1-4,9-10H2,(H2,27,28,29,31). The number of hydrogen-bond acceptors (Lipinski definition) is 4. The van der Waals surface area contributed by atoms with Crippen molar-refractivity contribution in [3.05, 3.63) is 53.7 Å². The minimum absolute atomic E-state index is 0.0168. The van der Waals surface area contributed by atoms with Gasteiger partial charge >= 0.3 is 0 Å². The van der Waals surface area contributed by atoms with E-state index in [1.54, 1.807) is 0 Å². The summed E-state index contributed by atoms with van der Waals surface area (Å²) in [6.45, 7) is 0. The van der Waals surface area contributed by atoms with E-state index in [-0.39, 0.29) is 34.7 Å². The fourth-order valence-electron chi connectivity index (χ4n) is 5.58. The number of piperidine rings is 1. The number of benzene rings is 1. The van der Waals surface area contributed by atoms with Gasteiger partial charge in [0.15, 0.2) is 11.6 Å². The second-order valence-electron chi connectivity index (χ2n) is 9.56. The second-order valence-corrected chi connectivity index (χ2v) is 11.4. The Labute approximate surface area is 195 Å². The third kappa shape index (κ3) is 3.60. The molecule has 34 heavy (non-hydrogen) atoms. The van der Waals surface area contributed by atoms with E-state index in [4.69, 9.17) is 0 Å². The minimum atomic E-state index is -3.95. The van der Waals surface area contributed by atoms with E-state index in [1.165, 1.54) is 4.31 Å². The summed E-state index contributed by atoms with van der Waals surface area (Å²) in [5, 5.41) is 3.89. The molecule has 0 spiro atoms. The molecule has 178 valence electrons. The first kappa shape index (κ1) is 21.7. The van der Waals surface area contributed by atoms with Crippen molar-refractivity contribution < 1.29 is 22.0 Å². The van der Waals surface area contributed by atoms with Gasteiger partial charge in [-0.05, 0) is 80.3 Å². The molecule has 10 heteroatoms. The normalized spacial score (nSPS) is 25.1. The Hall–Kier alpha value is -2.85. The van der Waals surface area contributed by atoms with Crippen LogP contribution in [0.3, 0.4) is 0 Å². The van der Waals surface area contributed by atoms with Crippen molar-refractivity contribution in [2.75, 3.05) is 5.32 Å². The van der Waals surface area contributed by atoms with Crippen molar-refractivity contribution >= 4 is 32.8 Å². The van der Waals surface area contributed by atoms with Gasteiger partial charge in [-0.25, -0.2) is 22.2 Å². The highest BCUT2D eigenvalue weighted by molar-refractivity contribution is 7.89. The maximum absolute atomic E-state index is 13.8. The summed E-state index contributed by atoms with van der Waals surface area (Å²) in [5.74, 6) is -1.60. The Morgan fingerprint density at radius 1 is 1.03 bits per heavy atom. The number of sulfonamides is 1. The van der Waals surface area contributed by atoms with E-state index in [2.05, 4.69) is 15.3 Å². The van der Waals surface area contributed by atoms with Crippen LogP contribution in [0, 0.1) is 17.6 Å². The molecule has 2 aliphatic heterocycles. The van der Waals surface area contributed by atoms with Crippen LogP contribution in [-0.2, 0) is 14.8 Å². The molecule has 2 aromatic heterocycles. The lowest BCUT2D eigenvalue weighted by Crippen LogP contribution is -2.46. The summed E-state index contributed by atoms with van der Waals surface area (Å²) < 4.78 is 55.3. The summed E-state index contributed by atoms with van der Waals surface area (Å²) in [5.41, 5.74) is 1.73. The highest BCUT2D eigenvalue weighted by atomic mass is 32.2. The van der Waals surface area contributed by atoms with Gasteiger partial charge in [-0.2, -0.15) is 4.31 Å². The molecule has 4 heterocycles. The highest BCUT2D eigenvalue weighted by Crippen LogP contribution is 2.47. The number of aromatic nitrogens is 2. The van der Waals surface area contributed by atoms with Crippen LogP contribution in [-0.4, -0.2) is 40.7 Å². The Bertz CT molecular complexity index is 1390. The molecule has 1 aromatic carbocycles. The third-order valence-corrected chi connectivity index (χ3v) is 9.33. The molecule has 2 N–H and O–H groups in total. The Kier molecular flexibility index (Phi) is 5.00. The largest absolute Gasteiger partial charge is 0.346 e. The quantitative estimate of drug-likeness (QED) is 0.563. The maximum atomic E-state index is 13.8. The van der Waals surface area contributed by atoms with Crippen LogP contribution in [0.15, 0.2) is 41.4 Å². The van der Waals surface area contributed by atoms with Crippen molar-refractivity contribution in [2.24, 2.45) is 5.92 Å². The minimum Gasteiger partial charge on any atom is -0.346 e. The molecule has 0 radical (unpaired) electrons. The predicted molar refractivity (Wildman–Crippen MR) is 122 cm³/mol. The lowest BCUT2D eigenvalue weighted by Gasteiger charge is -2.38. The monoisotopic (exact) mass is 486 g/mol. The predicted octanol–water partition coefficient (Wildman–Crippen LogP) is 4.29. The Balaban J connectivity index is 1.30. The Morgan fingerprint density at radius 2 is 1.76 bits per heavy atom. The zero-order chi connectivity index (χ0) is 23.6. The van der Waals surface area contributed by atoms with Crippen molar-refractivity contribution in [1.29, 1.82) is 0 Å². The fourth-order valence-corrected chi connectivity index (χ4v) is 7.48. The molecule has 1 amide bonds. The number of anilines is 1. The number of rotatable bonds is 5. The van der Waals surface area contributed by atoms with Crippen LogP contribution in [0.2, 0.25) is 0 Å². The summed E-state index contributed by atoms with van der Waals surface area (Å²) in [6, 6.07) is 6.16. The number of amides is 1. The molecule has 2 atom stereocenters. The fraction of sp³-hybridized carbons (Fsp3) is 0.417. The van der Waals surface area contributed by atoms with Crippen LogP contribution in [0.25, 0.3) is 11.0 Å². The van der Waals surface area contributed by atoms with E-state index < -0.39 is 21.7 Å². The van der Waals surface area contributed by atoms with Crippen LogP contribution < -0.4 is 5.32 Å². The number of halogens is 2. The maximum Gasteiger partial charge on any atom is 0.243 e. The SMILES string of the molecule is O=C(Nc1cc(C2CC3CCC(C2)N3S(=O)(=O)c2ccc(F)c(F)c2)c2cc[nH]c2n1)C1CC1. The van der Waals surface area contributed by atoms with E-state index in [1.807, 2.05) is 18.3 Å². The number of H-pyrrole nitrogens is 1. The molecule has 3 fully saturated rings. The first-order valence-electron chi connectivity index (χ1n) is 11.6. The number of pyridine rings is 1. The van der Waals surface area contributed by atoms with Gasteiger partial charge in [-0.15, -0.1) is 0 Å². The van der Waals surface area contributed by atoms with Gasteiger partial charge in [-0.3, -0.25) is 4.79 Å². The highest BCUT2D eigenvalue weighted by Gasteiger charge is 2.48. The topological polar surface area (TPSA) is 95.2 Å². The average molecular weight is 487 g/mol. The van der Waals surface area contributed by atoms with Gasteiger partial charge in [0.2, 0.25) is 15.9 Å². The smallest absolute Gasteiger partial charge is 0.243 e. The number of carbonyl (C=O) groups excluding carboxylic acids is 1. The molecule has 6 rings (SSSR count). The molecule has 1 saturated carbocycles. The van der Waals surface area contributed by atoms with Crippen LogP contribution >= 0.6 is 0 Å². The van der Waals surface area contributed by atoms with Crippen LogP contribution in [0.5, 0.6) is 0 Å². The molecule has 2 bridgehead atoms. The van der Waals surface area contributed by atoms with Crippen LogP contribution in [0.1, 0.15) is 50.0 Å². The van der Waals surface area contributed by atoms with Gasteiger partial charge in [0, 0.05) is 29.6 Å². The number of hydrogen-bond donors (Lipinski definition) is 2. The molecular weight excluding hydrogens is 462 g/mol. The zero-order valence-corrected chi connectivity index (χ0v) is 19.1. The summed E-state index contributed by atoms with van der Waals surface area (Å²) in [4.78, 5) is 19.7. The van der Waals surface area contributed by atoms with Gasteiger partial charge in [-0.1, -0.05) is 0 Å². The van der Waals surface area contributed by atoms with Crippen LogP contribution in [0.4, 0.5) is 14.6 Å². The van der Waals surface area contributed by atoms with Crippen molar-refractivity contribution in [1.82, 2.24) is 14.3 Å². The second kappa shape index (κ2) is 7.84. The van der Waals surface area contributed by atoms with Gasteiger partial charge in [0.1, 0.15) is 11.5 Å². The molecule has 1 aliphatic carbocycles. The molecule has 2 unspecified atom stereocenters. The Morgan fingerprint density at radius 3 is 2.44 bits per heavy atom. The average Bonchev–Trinajstić information content (AvgIpc) is 3.49. The summed E-state index contributed by atoms with van der Waals surface area (Å²) in [6.07, 6.45) is 6.27. The first-order valence-corrected chi connectivity index (χ1v) is 13.0. The third-order valence-electron chi connectivity index (χ3n) is 7.33. The van der Waals surface area contributed by atoms with Crippen molar-refractivity contribution in [2.45, 2.75) is 61.4 Å². The van der Waals surface area contributed by atoms with Crippen molar-refractivity contribution in [3.63, 3.8) is 0 Å². The molecule has 7 nitrogen and oxygen atoms in total. The molecular formula is C24H24F2N4O3S. The lowest BCUT2D eigenvalue weighted by atomic mass is 9.85. The summed E-state index contributed by atoms with van der Waals surface area (Å²) >= 11 is 0. The first-order chi connectivity index (χ1) is 16.3. The van der Waals surface area contributed by atoms with Crippen molar-refractivity contribution in [3.8, 4) is 0 Å². The van der Waals surface area contributed by atoms with E-state index in [0.717, 1.165) is 54.8 Å².